The summed E-state index contributed by atoms with van der Waals surface area (Å²) in [7, 11) is 1.60. The van der Waals surface area contributed by atoms with Crippen molar-refractivity contribution in [1.82, 2.24) is 0 Å². The number of carbonyl (C=O) groups is 3. The van der Waals surface area contributed by atoms with Crippen LogP contribution < -0.4 is 10.5 Å². The van der Waals surface area contributed by atoms with E-state index in [9.17, 15) is 14.4 Å². The molecular formula is C28H28ClNO4. The molecule has 3 aromatic rings. The largest absolute Gasteiger partial charge is 0.497 e. The summed E-state index contributed by atoms with van der Waals surface area (Å²) in [5, 5.41) is 0.576. The highest BCUT2D eigenvalue weighted by Gasteiger charge is 2.32. The first-order valence-corrected chi connectivity index (χ1v) is 11.5. The predicted molar refractivity (Wildman–Crippen MR) is 134 cm³/mol. The maximum Gasteiger partial charge on any atom is 0.154 e. The van der Waals surface area contributed by atoms with Gasteiger partial charge in [0.1, 0.15) is 17.8 Å². The second-order valence-corrected chi connectivity index (χ2v) is 8.72. The number of ether oxygens (including phenoxy) is 1. The molecule has 0 heterocycles. The molecule has 0 spiro atoms. The minimum atomic E-state index is -0.914. The second-order valence-electron chi connectivity index (χ2n) is 8.29. The van der Waals surface area contributed by atoms with Gasteiger partial charge in [-0.25, -0.2) is 0 Å². The van der Waals surface area contributed by atoms with Gasteiger partial charge in [0, 0.05) is 17.1 Å². The van der Waals surface area contributed by atoms with E-state index in [1.807, 2.05) is 24.3 Å². The van der Waals surface area contributed by atoms with Crippen molar-refractivity contribution in [1.29, 1.82) is 0 Å². The monoisotopic (exact) mass is 477 g/mol. The number of anilines is 1. The number of aryl methyl sites for hydroxylation is 1. The molecule has 6 heteroatoms. The molecule has 0 aliphatic heterocycles. The molecule has 176 valence electrons. The maximum absolute atomic E-state index is 13.4. The van der Waals surface area contributed by atoms with Gasteiger partial charge in [0.2, 0.25) is 0 Å². The second kappa shape index (κ2) is 12.1. The lowest BCUT2D eigenvalue weighted by Crippen LogP contribution is -2.33. The summed E-state index contributed by atoms with van der Waals surface area (Å²) in [5.74, 6) is -1.63. The standard InChI is InChI=1S/C28H28ClNO4/c1-34-25-13-6-19(7-14-25)8-15-27(32)26(17-21-2-9-23(29)10-3-21)28(33)22(18-31)16-20-4-11-24(30)12-5-20/h2-7,9-14,18,22,26H,8,15-17,30H2,1H3. The van der Waals surface area contributed by atoms with Crippen molar-refractivity contribution < 1.29 is 19.1 Å². The maximum atomic E-state index is 13.4. The molecule has 3 rings (SSSR count). The molecule has 5 nitrogen and oxygen atoms in total. The lowest BCUT2D eigenvalue weighted by molar-refractivity contribution is -0.136. The van der Waals surface area contributed by atoms with E-state index in [1.165, 1.54) is 0 Å². The number of ketones is 2. The van der Waals surface area contributed by atoms with Gasteiger partial charge in [0.05, 0.1) is 18.9 Å². The van der Waals surface area contributed by atoms with E-state index in [4.69, 9.17) is 22.1 Å². The molecule has 0 bridgehead atoms. The van der Waals surface area contributed by atoms with Gasteiger partial charge in [0.15, 0.2) is 5.78 Å². The fourth-order valence-electron chi connectivity index (χ4n) is 3.85. The highest BCUT2D eigenvalue weighted by molar-refractivity contribution is 6.30. The average Bonchev–Trinajstić information content (AvgIpc) is 2.86. The minimum Gasteiger partial charge on any atom is -0.497 e. The van der Waals surface area contributed by atoms with E-state index in [1.54, 1.807) is 55.6 Å². The molecular weight excluding hydrogens is 450 g/mol. The van der Waals surface area contributed by atoms with Crippen LogP contribution in [-0.2, 0) is 33.6 Å². The Hall–Kier alpha value is -3.44. The number of Topliss-reactive ketones (excluding diaryl/α,β-unsaturated/α-hetero) is 2. The van der Waals surface area contributed by atoms with Crippen LogP contribution in [0.2, 0.25) is 5.02 Å². The van der Waals surface area contributed by atoms with Crippen LogP contribution >= 0.6 is 11.6 Å². The van der Waals surface area contributed by atoms with E-state index in [2.05, 4.69) is 0 Å². The number of nitrogens with two attached hydrogens (primary N) is 1. The van der Waals surface area contributed by atoms with Crippen LogP contribution in [0.5, 0.6) is 5.75 Å². The zero-order valence-electron chi connectivity index (χ0n) is 19.1. The highest BCUT2D eigenvalue weighted by Crippen LogP contribution is 2.22. The Morgan fingerprint density at radius 3 is 2.03 bits per heavy atom. The average molecular weight is 478 g/mol. The van der Waals surface area contributed by atoms with Crippen molar-refractivity contribution in [2.45, 2.75) is 25.7 Å². The smallest absolute Gasteiger partial charge is 0.154 e. The molecule has 3 aromatic carbocycles. The van der Waals surface area contributed by atoms with Crippen molar-refractivity contribution >= 4 is 35.1 Å². The summed E-state index contributed by atoms with van der Waals surface area (Å²) < 4.78 is 5.17. The lowest BCUT2D eigenvalue weighted by Gasteiger charge is -2.19. The molecule has 2 unspecified atom stereocenters. The van der Waals surface area contributed by atoms with Gasteiger partial charge in [-0.3, -0.25) is 9.59 Å². The Balaban J connectivity index is 1.77. The zero-order valence-corrected chi connectivity index (χ0v) is 19.8. The van der Waals surface area contributed by atoms with Gasteiger partial charge in [0.25, 0.3) is 0 Å². The first-order chi connectivity index (χ1) is 16.4. The van der Waals surface area contributed by atoms with Gasteiger partial charge in [-0.2, -0.15) is 0 Å². The van der Waals surface area contributed by atoms with E-state index in [-0.39, 0.29) is 30.8 Å². The lowest BCUT2D eigenvalue weighted by atomic mass is 9.81. The van der Waals surface area contributed by atoms with Crippen LogP contribution in [0.3, 0.4) is 0 Å². The van der Waals surface area contributed by atoms with Crippen LogP contribution in [-0.4, -0.2) is 25.0 Å². The van der Waals surface area contributed by atoms with Gasteiger partial charge in [-0.05, 0) is 72.4 Å². The fraction of sp³-hybridized carbons (Fsp3) is 0.250. The van der Waals surface area contributed by atoms with E-state index in [0.29, 0.717) is 23.4 Å². The number of halogens is 1. The summed E-state index contributed by atoms with van der Waals surface area (Å²) in [6.07, 6.45) is 1.79. The third-order valence-electron chi connectivity index (χ3n) is 5.87. The Bertz CT molecular complexity index is 1110. The number of rotatable bonds is 12. The molecule has 0 saturated carbocycles. The molecule has 0 aromatic heterocycles. The SMILES string of the molecule is COc1ccc(CCC(=O)C(Cc2ccc(Cl)cc2)C(=O)C(C=O)Cc2ccc(N)cc2)cc1. The van der Waals surface area contributed by atoms with Crippen LogP contribution in [0.25, 0.3) is 0 Å². The van der Waals surface area contributed by atoms with Crippen molar-refractivity contribution in [3.8, 4) is 5.75 Å². The molecule has 0 aliphatic carbocycles. The molecule has 0 saturated heterocycles. The Morgan fingerprint density at radius 1 is 0.882 bits per heavy atom. The van der Waals surface area contributed by atoms with Crippen LogP contribution in [0.15, 0.2) is 72.8 Å². The zero-order chi connectivity index (χ0) is 24.5. The summed E-state index contributed by atoms with van der Waals surface area (Å²) in [6.45, 7) is 0. The molecule has 34 heavy (non-hydrogen) atoms. The Morgan fingerprint density at radius 2 is 1.44 bits per heavy atom. The summed E-state index contributed by atoms with van der Waals surface area (Å²) >= 11 is 5.99. The quantitative estimate of drug-likeness (QED) is 0.227. The summed E-state index contributed by atoms with van der Waals surface area (Å²) in [6, 6.07) is 21.6. The first-order valence-electron chi connectivity index (χ1n) is 11.1. The van der Waals surface area contributed by atoms with Gasteiger partial charge < -0.3 is 15.3 Å². The van der Waals surface area contributed by atoms with Gasteiger partial charge in [-0.15, -0.1) is 0 Å². The molecule has 0 radical (unpaired) electrons. The number of nitrogen functional groups attached to an aromatic ring is 1. The minimum absolute atomic E-state index is 0.181. The number of benzene rings is 3. The molecule has 2 atom stereocenters. The molecule has 0 amide bonds. The molecule has 0 fully saturated rings. The molecule has 2 N–H and O–H groups in total. The van der Waals surface area contributed by atoms with E-state index in [0.717, 1.165) is 22.4 Å². The first kappa shape index (κ1) is 25.2. The van der Waals surface area contributed by atoms with Crippen molar-refractivity contribution in [2.75, 3.05) is 12.8 Å². The number of hydrogen-bond donors (Lipinski definition) is 1. The van der Waals surface area contributed by atoms with Crippen molar-refractivity contribution in [2.24, 2.45) is 11.8 Å². The molecule has 0 aliphatic rings. The van der Waals surface area contributed by atoms with Gasteiger partial charge in [-0.1, -0.05) is 48.0 Å². The third-order valence-corrected chi connectivity index (χ3v) is 6.12. The number of methoxy groups -OCH3 is 1. The Labute approximate surface area is 204 Å². The van der Waals surface area contributed by atoms with Crippen molar-refractivity contribution in [3.63, 3.8) is 0 Å². The summed E-state index contributed by atoms with van der Waals surface area (Å²) in [5.41, 5.74) is 8.94. The van der Waals surface area contributed by atoms with Crippen molar-refractivity contribution in [3.05, 3.63) is 94.5 Å². The van der Waals surface area contributed by atoms with Crippen LogP contribution in [0, 0.1) is 11.8 Å². The number of carbonyl (C=O) groups excluding carboxylic acids is 3. The highest BCUT2D eigenvalue weighted by atomic mass is 35.5. The normalized spacial score (nSPS) is 12.5. The third kappa shape index (κ3) is 7.03. The van der Waals surface area contributed by atoms with Crippen LogP contribution in [0.1, 0.15) is 23.1 Å². The number of hydrogen-bond acceptors (Lipinski definition) is 5. The number of aldehydes is 1. The van der Waals surface area contributed by atoms with E-state index < -0.39 is 11.8 Å². The predicted octanol–water partition coefficient (Wildman–Crippen LogP) is 4.92. The fourth-order valence-corrected chi connectivity index (χ4v) is 3.97. The topological polar surface area (TPSA) is 86.5 Å². The van der Waals surface area contributed by atoms with Crippen LogP contribution in [0.4, 0.5) is 5.69 Å². The summed E-state index contributed by atoms with van der Waals surface area (Å²) in [4.78, 5) is 38.6. The Kier molecular flexibility index (Phi) is 9.00. The van der Waals surface area contributed by atoms with Gasteiger partial charge >= 0.3 is 0 Å². The van der Waals surface area contributed by atoms with E-state index >= 15 is 0 Å².